The predicted molar refractivity (Wildman–Crippen MR) is 108 cm³/mol. The number of hydrogen-bond acceptors (Lipinski definition) is 5. The number of hydrogen-bond donors (Lipinski definition) is 0. The normalized spacial score (nSPS) is 16.4. The van der Waals surface area contributed by atoms with E-state index in [-0.39, 0.29) is 5.91 Å². The van der Waals surface area contributed by atoms with Crippen molar-refractivity contribution in [2.75, 3.05) is 7.11 Å². The van der Waals surface area contributed by atoms with Gasteiger partial charge in [-0.25, -0.2) is 0 Å². The molecule has 5 nitrogen and oxygen atoms in total. The molecule has 0 N–H and O–H groups in total. The molecule has 27 heavy (non-hydrogen) atoms. The average Bonchev–Trinajstić information content (AvgIpc) is 3.24. The van der Waals surface area contributed by atoms with Gasteiger partial charge in [-0.05, 0) is 42.5 Å². The minimum atomic E-state index is -0.659. The maximum atomic E-state index is 12.1. The van der Waals surface area contributed by atoms with E-state index in [4.69, 9.17) is 32.7 Å². The molecule has 138 valence electrons. The van der Waals surface area contributed by atoms with Gasteiger partial charge in [0.1, 0.15) is 10.6 Å². The van der Waals surface area contributed by atoms with Crippen molar-refractivity contribution in [1.82, 2.24) is 5.01 Å². The molecule has 1 aromatic heterocycles. The number of methoxy groups -OCH3 is 1. The minimum Gasteiger partial charge on any atom is -0.497 e. The molecule has 0 saturated carbocycles. The molecule has 1 aliphatic rings. The van der Waals surface area contributed by atoms with Crippen LogP contribution < -0.4 is 4.74 Å². The Kier molecular flexibility index (Phi) is 4.72. The smallest absolute Gasteiger partial charge is 0.252 e. The molecule has 0 fully saturated rings. The first-order valence-corrected chi connectivity index (χ1v) is 9.62. The van der Waals surface area contributed by atoms with Crippen molar-refractivity contribution in [3.8, 4) is 5.75 Å². The number of hydrazone groups is 1. The van der Waals surface area contributed by atoms with E-state index in [1.165, 1.54) is 23.3 Å². The summed E-state index contributed by atoms with van der Waals surface area (Å²) >= 11 is 14.1. The maximum absolute atomic E-state index is 12.1. The van der Waals surface area contributed by atoms with Crippen LogP contribution in [0.1, 0.15) is 23.6 Å². The molecule has 0 spiro atoms. The van der Waals surface area contributed by atoms with Crippen LogP contribution in [0, 0.1) is 0 Å². The Balaban J connectivity index is 1.73. The third-order valence-corrected chi connectivity index (χ3v) is 6.05. The average molecular weight is 421 g/mol. The van der Waals surface area contributed by atoms with E-state index in [1.807, 2.05) is 30.3 Å². The third-order valence-electron chi connectivity index (χ3n) is 4.15. The van der Waals surface area contributed by atoms with Gasteiger partial charge >= 0.3 is 0 Å². The van der Waals surface area contributed by atoms with Crippen molar-refractivity contribution in [3.05, 3.63) is 63.0 Å². The molecule has 3 aromatic rings. The second-order valence-corrected chi connectivity index (χ2v) is 7.76. The number of ether oxygens (including phenoxy) is 2. The highest BCUT2D eigenvalue weighted by molar-refractivity contribution is 7.21. The highest BCUT2D eigenvalue weighted by atomic mass is 35.5. The standard InChI is InChI=1S/C19H14Cl2N2O3S/c1-10(24)23-19(11-3-6-13(25-2)7-4-11)26-18(22-23)17-16(21)14-9-12(20)5-8-15(14)27-17/h3-9,19H,1-2H3. The summed E-state index contributed by atoms with van der Waals surface area (Å²) in [5, 5.41) is 7.63. The fourth-order valence-corrected chi connectivity index (χ4v) is 4.40. The molecule has 0 radical (unpaired) electrons. The highest BCUT2D eigenvalue weighted by Crippen LogP contribution is 2.40. The van der Waals surface area contributed by atoms with Gasteiger partial charge < -0.3 is 9.47 Å². The molecule has 0 aliphatic carbocycles. The van der Waals surface area contributed by atoms with Crippen molar-refractivity contribution in [2.24, 2.45) is 5.10 Å². The lowest BCUT2D eigenvalue weighted by Gasteiger charge is -2.19. The molecule has 0 bridgehead atoms. The van der Waals surface area contributed by atoms with E-state index in [9.17, 15) is 4.79 Å². The molecule has 4 rings (SSSR count). The van der Waals surface area contributed by atoms with Crippen LogP contribution >= 0.6 is 34.5 Å². The maximum Gasteiger partial charge on any atom is 0.252 e. The first-order valence-electron chi connectivity index (χ1n) is 8.05. The third kappa shape index (κ3) is 3.25. The Morgan fingerprint density at radius 3 is 2.63 bits per heavy atom. The number of thiophene rings is 1. The number of halogens is 2. The van der Waals surface area contributed by atoms with E-state index in [0.717, 1.165) is 21.4 Å². The summed E-state index contributed by atoms with van der Waals surface area (Å²) < 4.78 is 12.2. The molecule has 1 aliphatic heterocycles. The summed E-state index contributed by atoms with van der Waals surface area (Å²) in [7, 11) is 1.60. The summed E-state index contributed by atoms with van der Waals surface area (Å²) in [5.74, 6) is 0.802. The SMILES string of the molecule is COc1ccc(C2OC(c3sc4ccc(Cl)cc4c3Cl)=NN2C(C)=O)cc1. The molecule has 2 aromatic carbocycles. The number of carbonyl (C=O) groups excluding carboxylic acids is 1. The van der Waals surface area contributed by atoms with E-state index < -0.39 is 6.23 Å². The summed E-state index contributed by atoms with van der Waals surface area (Å²) in [6.45, 7) is 1.44. The van der Waals surface area contributed by atoms with Gasteiger partial charge in [0.25, 0.3) is 5.90 Å². The highest BCUT2D eigenvalue weighted by Gasteiger charge is 2.35. The first-order chi connectivity index (χ1) is 13.0. The lowest BCUT2D eigenvalue weighted by atomic mass is 10.2. The molecule has 0 saturated heterocycles. The minimum absolute atomic E-state index is 0.230. The first kappa shape index (κ1) is 18.1. The van der Waals surface area contributed by atoms with Gasteiger partial charge in [0, 0.05) is 27.6 Å². The number of fused-ring (bicyclic) bond motifs is 1. The van der Waals surface area contributed by atoms with Crippen LogP contribution in [0.5, 0.6) is 5.75 Å². The zero-order chi connectivity index (χ0) is 19.1. The van der Waals surface area contributed by atoms with Gasteiger partial charge in [-0.1, -0.05) is 23.2 Å². The van der Waals surface area contributed by atoms with Crippen LogP contribution in [0.2, 0.25) is 10.0 Å². The Morgan fingerprint density at radius 1 is 1.22 bits per heavy atom. The van der Waals surface area contributed by atoms with E-state index in [2.05, 4.69) is 5.10 Å². The number of benzene rings is 2. The Bertz CT molecular complexity index is 1060. The van der Waals surface area contributed by atoms with Gasteiger partial charge in [0.2, 0.25) is 12.1 Å². The number of nitrogens with zero attached hydrogens (tertiary/aromatic N) is 2. The quantitative estimate of drug-likeness (QED) is 0.565. The largest absolute Gasteiger partial charge is 0.497 e. The Labute approximate surface area is 169 Å². The number of rotatable bonds is 3. The molecular formula is C19H14Cl2N2O3S. The Morgan fingerprint density at radius 2 is 1.96 bits per heavy atom. The van der Waals surface area contributed by atoms with Crippen molar-refractivity contribution in [1.29, 1.82) is 0 Å². The lowest BCUT2D eigenvalue weighted by molar-refractivity contribution is -0.135. The van der Waals surface area contributed by atoms with Crippen molar-refractivity contribution < 1.29 is 14.3 Å². The topological polar surface area (TPSA) is 51.1 Å². The summed E-state index contributed by atoms with van der Waals surface area (Å²) in [4.78, 5) is 12.8. The van der Waals surface area contributed by atoms with Gasteiger partial charge in [-0.15, -0.1) is 16.4 Å². The van der Waals surface area contributed by atoms with Gasteiger partial charge in [0.05, 0.1) is 12.1 Å². The van der Waals surface area contributed by atoms with Gasteiger partial charge in [-0.3, -0.25) is 4.79 Å². The van der Waals surface area contributed by atoms with Gasteiger partial charge in [-0.2, -0.15) is 5.01 Å². The fourth-order valence-electron chi connectivity index (χ4n) is 2.82. The van der Waals surface area contributed by atoms with Crippen LogP contribution in [0.25, 0.3) is 10.1 Å². The summed E-state index contributed by atoms with van der Waals surface area (Å²) in [6, 6.07) is 12.8. The molecule has 1 amide bonds. The predicted octanol–water partition coefficient (Wildman–Crippen LogP) is 5.46. The number of amides is 1. The van der Waals surface area contributed by atoms with Crippen molar-refractivity contribution >= 4 is 56.4 Å². The molecule has 8 heteroatoms. The zero-order valence-corrected chi connectivity index (χ0v) is 16.7. The van der Waals surface area contributed by atoms with Crippen LogP contribution in [-0.2, 0) is 9.53 Å². The van der Waals surface area contributed by atoms with Gasteiger partial charge in [0.15, 0.2) is 0 Å². The number of carbonyl (C=O) groups is 1. The second kappa shape index (κ2) is 7.03. The van der Waals surface area contributed by atoms with Crippen LogP contribution in [0.3, 0.4) is 0 Å². The Hall–Kier alpha value is -2.28. The summed E-state index contributed by atoms with van der Waals surface area (Å²) in [6.07, 6.45) is -0.659. The molecule has 1 unspecified atom stereocenters. The van der Waals surface area contributed by atoms with Crippen LogP contribution in [0.4, 0.5) is 0 Å². The van der Waals surface area contributed by atoms with Crippen LogP contribution in [-0.4, -0.2) is 23.9 Å². The van der Waals surface area contributed by atoms with E-state index in [0.29, 0.717) is 20.8 Å². The van der Waals surface area contributed by atoms with E-state index >= 15 is 0 Å². The molecule has 2 heterocycles. The monoisotopic (exact) mass is 420 g/mol. The van der Waals surface area contributed by atoms with Crippen LogP contribution in [0.15, 0.2) is 47.6 Å². The summed E-state index contributed by atoms with van der Waals surface area (Å²) in [5.41, 5.74) is 0.782. The second-order valence-electron chi connectivity index (χ2n) is 5.90. The molecule has 1 atom stereocenters. The zero-order valence-electron chi connectivity index (χ0n) is 14.4. The fraction of sp³-hybridized carbons (Fsp3) is 0.158. The lowest BCUT2D eigenvalue weighted by Crippen LogP contribution is -2.25. The molecular weight excluding hydrogens is 407 g/mol. The van der Waals surface area contributed by atoms with Crippen molar-refractivity contribution in [2.45, 2.75) is 13.2 Å². The van der Waals surface area contributed by atoms with E-state index in [1.54, 1.807) is 19.2 Å². The van der Waals surface area contributed by atoms with Crippen molar-refractivity contribution in [3.63, 3.8) is 0 Å².